The van der Waals surface area contributed by atoms with Crippen LogP contribution in [-0.4, -0.2) is 17.3 Å². The van der Waals surface area contributed by atoms with Gasteiger partial charge in [0.25, 0.3) is 0 Å². The third kappa shape index (κ3) is 8.23. The Kier molecular flexibility index (Phi) is 10.1. The molecule has 0 aliphatic heterocycles. The Balaban J connectivity index is 2.08. The Morgan fingerprint density at radius 3 is 2.35 bits per heavy atom. The van der Waals surface area contributed by atoms with E-state index in [2.05, 4.69) is 24.0 Å². The molecule has 3 nitrogen and oxygen atoms in total. The molecule has 0 amide bonds. The van der Waals surface area contributed by atoms with Crippen molar-refractivity contribution >= 4 is 23.8 Å². The molecule has 4 heteroatoms. The molecule has 0 unspecified atom stereocenters. The molecule has 0 fully saturated rings. The molecular weight excluding hydrogens is 268 g/mol. The fourth-order valence-corrected chi connectivity index (χ4v) is 2.89. The quantitative estimate of drug-likeness (QED) is 0.195. The molecular formula is C16H26N2OS. The van der Waals surface area contributed by atoms with Crippen LogP contribution in [0.1, 0.15) is 51.9 Å². The number of hydroxylamine groups is 1. The largest absolute Gasteiger partial charge is 0.290 e. The first kappa shape index (κ1) is 17.1. The summed E-state index contributed by atoms with van der Waals surface area (Å²) in [4.78, 5) is 5.30. The molecule has 20 heavy (non-hydrogen) atoms. The molecule has 2 N–H and O–H groups in total. The highest BCUT2D eigenvalue weighted by Gasteiger charge is 1.95. The van der Waals surface area contributed by atoms with Gasteiger partial charge in [0.05, 0.1) is 5.69 Å². The van der Waals surface area contributed by atoms with E-state index in [-0.39, 0.29) is 0 Å². The minimum Gasteiger partial charge on any atom is -0.290 e. The lowest BCUT2D eigenvalue weighted by atomic mass is 10.1. The van der Waals surface area contributed by atoms with Crippen molar-refractivity contribution < 1.29 is 5.21 Å². The molecule has 0 aliphatic rings. The number of nitrogens with one attached hydrogen (secondary N) is 1. The lowest BCUT2D eigenvalue weighted by Crippen LogP contribution is -2.00. The second kappa shape index (κ2) is 11.8. The maximum atomic E-state index is 8.41. The first-order valence-electron chi connectivity index (χ1n) is 7.52. The highest BCUT2D eigenvalue weighted by Crippen LogP contribution is 2.22. The summed E-state index contributed by atoms with van der Waals surface area (Å²) in [5.74, 6) is 1.19. The van der Waals surface area contributed by atoms with Crippen LogP contribution in [-0.2, 0) is 0 Å². The number of hydrogen-bond acceptors (Lipinski definition) is 3. The van der Waals surface area contributed by atoms with E-state index in [1.54, 1.807) is 0 Å². The minimum absolute atomic E-state index is 0.840. The van der Waals surface area contributed by atoms with Crippen molar-refractivity contribution in [2.75, 3.05) is 5.75 Å². The third-order valence-electron chi connectivity index (χ3n) is 3.12. The van der Waals surface area contributed by atoms with E-state index in [9.17, 15) is 0 Å². The van der Waals surface area contributed by atoms with E-state index >= 15 is 0 Å². The normalized spacial score (nSPS) is 11.1. The van der Waals surface area contributed by atoms with Gasteiger partial charge >= 0.3 is 0 Å². The minimum atomic E-state index is 0.840. The van der Waals surface area contributed by atoms with Crippen molar-refractivity contribution in [2.45, 2.75) is 56.8 Å². The van der Waals surface area contributed by atoms with E-state index in [1.807, 2.05) is 29.4 Å². The first-order chi connectivity index (χ1) is 9.86. The Labute approximate surface area is 126 Å². The number of thioether (sulfide) groups is 1. The predicted octanol–water partition coefficient (Wildman–Crippen LogP) is 5.17. The molecule has 0 saturated heterocycles. The van der Waals surface area contributed by atoms with Crippen LogP contribution in [0.2, 0.25) is 0 Å². The van der Waals surface area contributed by atoms with Gasteiger partial charge < -0.3 is 0 Å². The number of aliphatic imine (C=N–C) groups is 1. The Hall–Kier alpha value is -1.00. The lowest BCUT2D eigenvalue weighted by Gasteiger charge is -2.03. The van der Waals surface area contributed by atoms with Crippen molar-refractivity contribution in [1.29, 1.82) is 0 Å². The molecule has 0 heterocycles. The zero-order valence-electron chi connectivity index (χ0n) is 12.3. The van der Waals surface area contributed by atoms with Crippen LogP contribution in [0.5, 0.6) is 0 Å². The zero-order chi connectivity index (χ0) is 14.5. The maximum Gasteiger partial charge on any atom is 0.113 e. The molecule has 0 bridgehead atoms. The molecule has 0 radical (unpaired) electrons. The Bertz CT molecular complexity index is 365. The summed E-state index contributed by atoms with van der Waals surface area (Å²) in [7, 11) is 0. The van der Waals surface area contributed by atoms with Crippen LogP contribution in [0.15, 0.2) is 34.2 Å². The molecule has 0 aromatic heterocycles. The van der Waals surface area contributed by atoms with Crippen molar-refractivity contribution in [3.05, 3.63) is 24.3 Å². The summed E-state index contributed by atoms with van der Waals surface area (Å²) in [6, 6.07) is 8.08. The van der Waals surface area contributed by atoms with Crippen LogP contribution >= 0.6 is 11.8 Å². The topological polar surface area (TPSA) is 44.6 Å². The number of unbranched alkanes of at least 4 members (excludes halogenated alkanes) is 6. The van der Waals surface area contributed by atoms with Gasteiger partial charge in [-0.15, -0.1) is 11.8 Å². The summed E-state index contributed by atoms with van der Waals surface area (Å²) in [6.45, 7) is 2.26. The summed E-state index contributed by atoms with van der Waals surface area (Å²) in [6.07, 6.45) is 10.8. The maximum absolute atomic E-state index is 8.41. The number of nitrogens with zero attached hydrogens (tertiary/aromatic N) is 1. The van der Waals surface area contributed by atoms with Crippen LogP contribution in [0, 0.1) is 0 Å². The van der Waals surface area contributed by atoms with E-state index in [4.69, 9.17) is 5.21 Å². The van der Waals surface area contributed by atoms with E-state index in [0.29, 0.717) is 0 Å². The van der Waals surface area contributed by atoms with E-state index in [0.717, 1.165) is 5.69 Å². The standard InChI is InChI=1S/C16H26N2OS/c1-2-3-4-5-6-7-8-13-20-16-11-9-15(10-12-16)17-14-18-19/h9-12,14,19H,2-8,13H2,1H3,(H,17,18). The van der Waals surface area contributed by atoms with Crippen molar-refractivity contribution in [3.63, 3.8) is 0 Å². The van der Waals surface area contributed by atoms with Gasteiger partial charge in [0.2, 0.25) is 0 Å². The van der Waals surface area contributed by atoms with Crippen molar-refractivity contribution in [1.82, 2.24) is 5.48 Å². The average Bonchev–Trinajstić information content (AvgIpc) is 2.49. The zero-order valence-corrected chi connectivity index (χ0v) is 13.2. The average molecular weight is 294 g/mol. The highest BCUT2D eigenvalue weighted by molar-refractivity contribution is 7.99. The Morgan fingerprint density at radius 2 is 1.70 bits per heavy atom. The van der Waals surface area contributed by atoms with Gasteiger partial charge in [-0.2, -0.15) is 0 Å². The van der Waals surface area contributed by atoms with Crippen LogP contribution < -0.4 is 5.48 Å². The van der Waals surface area contributed by atoms with Crippen LogP contribution in [0.3, 0.4) is 0 Å². The third-order valence-corrected chi connectivity index (χ3v) is 4.22. The number of rotatable bonds is 11. The monoisotopic (exact) mass is 294 g/mol. The van der Waals surface area contributed by atoms with Gasteiger partial charge in [0.15, 0.2) is 0 Å². The van der Waals surface area contributed by atoms with Gasteiger partial charge in [-0.1, -0.05) is 45.4 Å². The molecule has 0 spiro atoms. The van der Waals surface area contributed by atoms with Gasteiger partial charge in [0.1, 0.15) is 6.34 Å². The van der Waals surface area contributed by atoms with Crippen LogP contribution in [0.25, 0.3) is 0 Å². The molecule has 1 rings (SSSR count). The summed E-state index contributed by atoms with van der Waals surface area (Å²) in [5.41, 5.74) is 2.74. The molecule has 1 aromatic carbocycles. The fourth-order valence-electron chi connectivity index (χ4n) is 1.98. The fraction of sp³-hybridized carbons (Fsp3) is 0.562. The first-order valence-corrected chi connectivity index (χ1v) is 8.50. The van der Waals surface area contributed by atoms with Crippen molar-refractivity contribution in [2.24, 2.45) is 4.99 Å². The summed E-state index contributed by atoms with van der Waals surface area (Å²) >= 11 is 1.90. The molecule has 0 atom stereocenters. The molecule has 112 valence electrons. The van der Waals surface area contributed by atoms with Crippen molar-refractivity contribution in [3.8, 4) is 0 Å². The molecule has 0 aliphatic carbocycles. The summed E-state index contributed by atoms with van der Waals surface area (Å²) < 4.78 is 0. The molecule has 0 saturated carbocycles. The number of hydrogen-bond donors (Lipinski definition) is 2. The highest BCUT2D eigenvalue weighted by atomic mass is 32.2. The SMILES string of the molecule is CCCCCCCCCSc1ccc(N=CNO)cc1. The van der Waals surface area contributed by atoms with Crippen LogP contribution in [0.4, 0.5) is 5.69 Å². The molecule has 1 aromatic rings. The van der Waals surface area contributed by atoms with Gasteiger partial charge in [-0.25, -0.2) is 4.99 Å². The second-order valence-electron chi connectivity index (χ2n) is 4.85. The smallest absolute Gasteiger partial charge is 0.113 e. The summed E-state index contributed by atoms with van der Waals surface area (Å²) in [5, 5.41) is 8.41. The second-order valence-corrected chi connectivity index (χ2v) is 6.02. The van der Waals surface area contributed by atoms with E-state index in [1.165, 1.54) is 61.9 Å². The van der Waals surface area contributed by atoms with Gasteiger partial charge in [-0.05, 0) is 36.4 Å². The van der Waals surface area contributed by atoms with E-state index < -0.39 is 0 Å². The Morgan fingerprint density at radius 1 is 1.05 bits per heavy atom. The van der Waals surface area contributed by atoms with Gasteiger partial charge in [-0.3, -0.25) is 10.7 Å². The predicted molar refractivity (Wildman–Crippen MR) is 88.2 cm³/mol. The van der Waals surface area contributed by atoms with Gasteiger partial charge in [0, 0.05) is 4.90 Å². The number of benzene rings is 1. The lowest BCUT2D eigenvalue weighted by molar-refractivity contribution is 0.240.